The van der Waals surface area contributed by atoms with E-state index in [-0.39, 0.29) is 17.1 Å². The number of unbranched alkanes of at least 4 members (excludes halogenated alkanes) is 2. The van der Waals surface area contributed by atoms with Crippen LogP contribution in [0.15, 0.2) is 80.4 Å². The third-order valence-corrected chi connectivity index (χ3v) is 6.85. The highest BCUT2D eigenvalue weighted by atomic mass is 79.9. The highest BCUT2D eigenvalue weighted by molar-refractivity contribution is 9.10. The lowest BCUT2D eigenvalue weighted by molar-refractivity contribution is 0.0971. The number of benzene rings is 3. The molecule has 1 amide bonds. The standard InChI is InChI=1S/C29H26BrNO5/c1-3-4-5-14-35-22-11-6-8-18(15-22)26-25-27(32)23-16-19(30)12-13-24(23)36-28(25)29(33)31(26)20-9-7-10-21(17-20)34-2/h6-13,15-17,26H,3-5,14H2,1-2H3. The van der Waals surface area contributed by atoms with E-state index >= 15 is 0 Å². The zero-order chi connectivity index (χ0) is 25.2. The molecule has 0 bridgehead atoms. The molecule has 1 aliphatic rings. The van der Waals surface area contributed by atoms with E-state index in [4.69, 9.17) is 13.9 Å². The van der Waals surface area contributed by atoms with Crippen molar-refractivity contribution in [3.8, 4) is 11.5 Å². The molecule has 1 aromatic heterocycles. The van der Waals surface area contributed by atoms with Gasteiger partial charge >= 0.3 is 0 Å². The third-order valence-electron chi connectivity index (χ3n) is 6.35. The molecule has 1 aliphatic heterocycles. The van der Waals surface area contributed by atoms with Crippen LogP contribution in [0, 0.1) is 0 Å². The van der Waals surface area contributed by atoms with Crippen molar-refractivity contribution in [3.63, 3.8) is 0 Å². The minimum Gasteiger partial charge on any atom is -0.497 e. The highest BCUT2D eigenvalue weighted by Crippen LogP contribution is 2.42. The molecule has 5 rings (SSSR count). The smallest absolute Gasteiger partial charge is 0.295 e. The molecular weight excluding hydrogens is 522 g/mol. The number of carbonyl (C=O) groups is 1. The summed E-state index contributed by atoms with van der Waals surface area (Å²) in [5, 5.41) is 0.417. The van der Waals surface area contributed by atoms with Gasteiger partial charge in [-0.05, 0) is 54.4 Å². The summed E-state index contributed by atoms with van der Waals surface area (Å²) in [4.78, 5) is 29.2. The predicted molar refractivity (Wildman–Crippen MR) is 143 cm³/mol. The number of halogens is 1. The Morgan fingerprint density at radius 2 is 1.78 bits per heavy atom. The van der Waals surface area contributed by atoms with Crippen molar-refractivity contribution >= 4 is 38.5 Å². The molecule has 0 aliphatic carbocycles. The van der Waals surface area contributed by atoms with Gasteiger partial charge in [-0.1, -0.05) is 53.9 Å². The van der Waals surface area contributed by atoms with Crippen molar-refractivity contribution in [3.05, 3.63) is 98.3 Å². The summed E-state index contributed by atoms with van der Waals surface area (Å²) in [6.45, 7) is 2.76. The second kappa shape index (κ2) is 10.2. The first kappa shape index (κ1) is 24.1. The zero-order valence-electron chi connectivity index (χ0n) is 20.1. The number of rotatable bonds is 8. The molecule has 0 saturated heterocycles. The summed E-state index contributed by atoms with van der Waals surface area (Å²) in [6, 6.07) is 19.3. The largest absolute Gasteiger partial charge is 0.497 e. The summed E-state index contributed by atoms with van der Waals surface area (Å²) >= 11 is 3.44. The average Bonchev–Trinajstić information content (AvgIpc) is 3.19. The quantitative estimate of drug-likeness (QED) is 0.225. The molecule has 6 nitrogen and oxygen atoms in total. The maximum atomic E-state index is 13.8. The molecule has 36 heavy (non-hydrogen) atoms. The molecule has 4 aromatic rings. The second-order valence-electron chi connectivity index (χ2n) is 8.72. The number of hydrogen-bond acceptors (Lipinski definition) is 5. The molecule has 0 N–H and O–H groups in total. The molecule has 184 valence electrons. The van der Waals surface area contributed by atoms with E-state index in [1.165, 1.54) is 0 Å². The molecular formula is C29H26BrNO5. The number of methoxy groups -OCH3 is 1. The van der Waals surface area contributed by atoms with Gasteiger partial charge < -0.3 is 13.9 Å². The number of hydrogen-bond donors (Lipinski definition) is 0. The van der Waals surface area contributed by atoms with E-state index < -0.39 is 6.04 Å². The van der Waals surface area contributed by atoms with Gasteiger partial charge in [-0.25, -0.2) is 0 Å². The maximum Gasteiger partial charge on any atom is 0.295 e. The van der Waals surface area contributed by atoms with Crippen LogP contribution < -0.4 is 19.8 Å². The minimum atomic E-state index is -0.682. The van der Waals surface area contributed by atoms with Crippen molar-refractivity contribution in [2.24, 2.45) is 0 Å². The summed E-state index contributed by atoms with van der Waals surface area (Å²) in [5.41, 5.74) is 1.82. The van der Waals surface area contributed by atoms with Crippen LogP contribution in [0.25, 0.3) is 11.0 Å². The highest BCUT2D eigenvalue weighted by Gasteiger charge is 2.44. The Kier molecular flexibility index (Phi) is 6.83. The van der Waals surface area contributed by atoms with E-state index in [0.29, 0.717) is 40.3 Å². The predicted octanol–water partition coefficient (Wildman–Crippen LogP) is 6.88. The Bertz CT molecular complexity index is 1500. The zero-order valence-corrected chi connectivity index (χ0v) is 21.7. The van der Waals surface area contributed by atoms with Crippen molar-refractivity contribution in [1.29, 1.82) is 0 Å². The van der Waals surface area contributed by atoms with Gasteiger partial charge in [0.05, 0.1) is 30.7 Å². The van der Waals surface area contributed by atoms with Gasteiger partial charge in [-0.2, -0.15) is 0 Å². The number of carbonyl (C=O) groups excluding carboxylic acids is 1. The monoisotopic (exact) mass is 547 g/mol. The second-order valence-corrected chi connectivity index (χ2v) is 9.64. The van der Waals surface area contributed by atoms with E-state index in [1.54, 1.807) is 36.3 Å². The van der Waals surface area contributed by atoms with Crippen LogP contribution in [-0.2, 0) is 0 Å². The van der Waals surface area contributed by atoms with Crippen molar-refractivity contribution in [2.45, 2.75) is 32.2 Å². The Hall–Kier alpha value is -3.58. The molecule has 0 saturated carbocycles. The molecule has 0 fully saturated rings. The summed E-state index contributed by atoms with van der Waals surface area (Å²) in [6.07, 6.45) is 3.17. The van der Waals surface area contributed by atoms with Crippen LogP contribution in [0.5, 0.6) is 11.5 Å². The Balaban J connectivity index is 1.68. The summed E-state index contributed by atoms with van der Waals surface area (Å²) in [7, 11) is 1.58. The van der Waals surface area contributed by atoms with Gasteiger partial charge in [0, 0.05) is 16.2 Å². The fourth-order valence-corrected chi connectivity index (χ4v) is 4.96. The Morgan fingerprint density at radius 1 is 0.972 bits per heavy atom. The molecule has 3 aromatic carbocycles. The van der Waals surface area contributed by atoms with Crippen LogP contribution >= 0.6 is 15.9 Å². The van der Waals surface area contributed by atoms with Crippen LogP contribution in [-0.4, -0.2) is 19.6 Å². The minimum absolute atomic E-state index is 0.0527. The van der Waals surface area contributed by atoms with Crippen molar-refractivity contribution < 1.29 is 18.7 Å². The summed E-state index contributed by atoms with van der Waals surface area (Å²) in [5.74, 6) is 0.982. The molecule has 1 unspecified atom stereocenters. The summed E-state index contributed by atoms with van der Waals surface area (Å²) < 4.78 is 18.2. The normalized spacial score (nSPS) is 14.8. The fourth-order valence-electron chi connectivity index (χ4n) is 4.60. The van der Waals surface area contributed by atoms with Crippen LogP contribution in [0.3, 0.4) is 0 Å². The van der Waals surface area contributed by atoms with Gasteiger partial charge in [-0.3, -0.25) is 14.5 Å². The lowest BCUT2D eigenvalue weighted by Crippen LogP contribution is -2.29. The molecule has 1 atom stereocenters. The molecule has 2 heterocycles. The van der Waals surface area contributed by atoms with E-state index in [2.05, 4.69) is 22.9 Å². The number of ether oxygens (including phenoxy) is 2. The average molecular weight is 548 g/mol. The Labute approximate surface area is 217 Å². The van der Waals surface area contributed by atoms with Crippen LogP contribution in [0.4, 0.5) is 5.69 Å². The molecule has 7 heteroatoms. The van der Waals surface area contributed by atoms with E-state index in [9.17, 15) is 9.59 Å². The molecule has 0 radical (unpaired) electrons. The number of amides is 1. The van der Waals surface area contributed by atoms with Crippen LogP contribution in [0.2, 0.25) is 0 Å². The van der Waals surface area contributed by atoms with Crippen molar-refractivity contribution in [2.75, 3.05) is 18.6 Å². The first-order valence-corrected chi connectivity index (χ1v) is 12.8. The fraction of sp³-hybridized carbons (Fsp3) is 0.241. The number of anilines is 1. The Morgan fingerprint density at radius 3 is 2.58 bits per heavy atom. The number of nitrogens with zero attached hydrogens (tertiary/aromatic N) is 1. The first-order valence-electron chi connectivity index (χ1n) is 12.0. The van der Waals surface area contributed by atoms with Gasteiger partial charge in [0.2, 0.25) is 5.76 Å². The van der Waals surface area contributed by atoms with E-state index in [1.807, 2.05) is 42.5 Å². The number of fused-ring (bicyclic) bond motifs is 2. The van der Waals surface area contributed by atoms with E-state index in [0.717, 1.165) is 29.3 Å². The van der Waals surface area contributed by atoms with Gasteiger partial charge in [0.15, 0.2) is 5.43 Å². The topological polar surface area (TPSA) is 69.0 Å². The van der Waals surface area contributed by atoms with Crippen molar-refractivity contribution in [1.82, 2.24) is 0 Å². The van der Waals surface area contributed by atoms with Crippen LogP contribution in [0.1, 0.15) is 53.9 Å². The van der Waals surface area contributed by atoms with Gasteiger partial charge in [-0.15, -0.1) is 0 Å². The lowest BCUT2D eigenvalue weighted by atomic mass is 9.98. The van der Waals surface area contributed by atoms with Gasteiger partial charge in [0.25, 0.3) is 5.91 Å². The molecule has 0 spiro atoms. The SMILES string of the molecule is CCCCCOc1cccc(C2c3c(oc4ccc(Br)cc4c3=O)C(=O)N2c2cccc(OC)c2)c1. The maximum absolute atomic E-state index is 13.8. The van der Waals surface area contributed by atoms with Gasteiger partial charge in [0.1, 0.15) is 17.1 Å². The first-order chi connectivity index (χ1) is 17.5. The third kappa shape index (κ3) is 4.39. The lowest BCUT2D eigenvalue weighted by Gasteiger charge is -2.26.